The smallest absolute Gasteiger partial charge is 0.410 e. The molecule has 1 saturated carbocycles. The molecule has 1 amide bonds. The van der Waals surface area contributed by atoms with Crippen LogP contribution in [-0.4, -0.2) is 56.5 Å². The third-order valence-electron chi connectivity index (χ3n) is 5.88. The number of ether oxygens (including phenoxy) is 1. The molecule has 3 heterocycles. The minimum absolute atomic E-state index is 0.0358. The molecule has 1 aliphatic heterocycles. The lowest BCUT2D eigenvalue weighted by Gasteiger charge is -2.34. The van der Waals surface area contributed by atoms with Gasteiger partial charge in [-0.25, -0.2) is 14.8 Å². The molecule has 0 unspecified atom stereocenters. The number of rotatable bonds is 4. The van der Waals surface area contributed by atoms with Gasteiger partial charge in [0.25, 0.3) is 0 Å². The maximum Gasteiger partial charge on any atom is 0.410 e. The Hall–Kier alpha value is -2.64. The quantitative estimate of drug-likeness (QED) is 0.731. The van der Waals surface area contributed by atoms with Gasteiger partial charge in [0, 0.05) is 36.8 Å². The first kappa shape index (κ1) is 20.6. The summed E-state index contributed by atoms with van der Waals surface area (Å²) >= 11 is 0. The number of fused-ring (bicyclic) bond motifs is 1. The summed E-state index contributed by atoms with van der Waals surface area (Å²) in [5, 5.41) is 4.22. The molecule has 0 radical (unpaired) electrons. The Labute approximate surface area is 176 Å². The molecule has 4 rings (SSSR count). The second-order valence-electron chi connectivity index (χ2n) is 9.40. The Morgan fingerprint density at radius 3 is 2.67 bits per heavy atom. The molecule has 0 bridgehead atoms. The Morgan fingerprint density at radius 2 is 1.93 bits per heavy atom. The van der Waals surface area contributed by atoms with Gasteiger partial charge >= 0.3 is 6.09 Å². The van der Waals surface area contributed by atoms with Crippen LogP contribution in [0.1, 0.15) is 69.7 Å². The van der Waals surface area contributed by atoms with E-state index in [1.807, 2.05) is 20.8 Å². The van der Waals surface area contributed by atoms with Gasteiger partial charge in [-0.1, -0.05) is 12.8 Å². The monoisotopic (exact) mass is 413 g/mol. The Bertz CT molecular complexity index is 926. The predicted octanol–water partition coefficient (Wildman–Crippen LogP) is 4.14. The number of aromatic amines is 1. The number of aromatic nitrogens is 3. The van der Waals surface area contributed by atoms with Crippen LogP contribution in [0.25, 0.3) is 11.0 Å². The van der Waals surface area contributed by atoms with Crippen LogP contribution < -0.4 is 5.32 Å². The summed E-state index contributed by atoms with van der Waals surface area (Å²) in [7, 11) is 0. The molecule has 30 heavy (non-hydrogen) atoms. The lowest BCUT2D eigenvalue weighted by Crippen LogP contribution is -2.47. The van der Waals surface area contributed by atoms with E-state index in [4.69, 9.17) is 4.74 Å². The highest BCUT2D eigenvalue weighted by Gasteiger charge is 2.30. The highest BCUT2D eigenvalue weighted by atomic mass is 16.6. The molecule has 0 aromatic carbocycles. The van der Waals surface area contributed by atoms with E-state index < -0.39 is 5.60 Å². The topological polar surface area (TPSA) is 100 Å². The van der Waals surface area contributed by atoms with E-state index >= 15 is 0 Å². The zero-order valence-electron chi connectivity index (χ0n) is 18.0. The van der Waals surface area contributed by atoms with E-state index in [0.717, 1.165) is 43.9 Å². The first-order valence-electron chi connectivity index (χ1n) is 10.9. The van der Waals surface area contributed by atoms with Crippen molar-refractivity contribution < 1.29 is 14.3 Å². The zero-order valence-corrected chi connectivity index (χ0v) is 18.0. The first-order valence-corrected chi connectivity index (χ1v) is 10.9. The summed E-state index contributed by atoms with van der Waals surface area (Å²) in [5.74, 6) is 0.920. The lowest BCUT2D eigenvalue weighted by molar-refractivity contribution is 0.0206. The Kier molecular flexibility index (Phi) is 5.66. The normalized spacial score (nSPS) is 20.5. The van der Waals surface area contributed by atoms with Crippen LogP contribution in [-0.2, 0) is 4.74 Å². The van der Waals surface area contributed by atoms with Crippen LogP contribution in [0, 0.1) is 5.92 Å². The van der Waals surface area contributed by atoms with Crippen LogP contribution in [0.4, 0.5) is 10.6 Å². The molecule has 2 fully saturated rings. The molecular formula is C22H31N5O3. The first-order chi connectivity index (χ1) is 14.3. The number of piperidine rings is 1. The molecule has 8 nitrogen and oxygen atoms in total. The Balaban J connectivity index is 1.53. The Morgan fingerprint density at radius 1 is 1.17 bits per heavy atom. The van der Waals surface area contributed by atoms with Gasteiger partial charge in [0.2, 0.25) is 0 Å². The van der Waals surface area contributed by atoms with Gasteiger partial charge in [-0.3, -0.25) is 4.79 Å². The van der Waals surface area contributed by atoms with E-state index in [9.17, 15) is 9.59 Å². The molecule has 8 heteroatoms. The lowest BCUT2D eigenvalue weighted by atomic mass is 9.96. The zero-order chi connectivity index (χ0) is 21.3. The molecule has 2 aliphatic rings. The van der Waals surface area contributed by atoms with Crippen LogP contribution in [0.3, 0.4) is 0 Å². The number of anilines is 1. The fourth-order valence-corrected chi connectivity index (χ4v) is 4.46. The highest BCUT2D eigenvalue weighted by molar-refractivity contribution is 6.11. The van der Waals surface area contributed by atoms with Gasteiger partial charge in [0.15, 0.2) is 5.78 Å². The van der Waals surface area contributed by atoms with Crippen LogP contribution in [0.2, 0.25) is 0 Å². The summed E-state index contributed by atoms with van der Waals surface area (Å²) in [6.45, 7) is 6.84. The largest absolute Gasteiger partial charge is 0.444 e. The minimum Gasteiger partial charge on any atom is -0.444 e. The van der Waals surface area contributed by atoms with E-state index in [2.05, 4.69) is 20.3 Å². The summed E-state index contributed by atoms with van der Waals surface area (Å²) in [6, 6.07) is 0.0358. The molecule has 162 valence electrons. The number of ketones is 1. The van der Waals surface area contributed by atoms with Crippen molar-refractivity contribution in [2.45, 2.75) is 70.9 Å². The van der Waals surface area contributed by atoms with E-state index in [1.54, 1.807) is 11.1 Å². The molecule has 1 saturated heterocycles. The maximum absolute atomic E-state index is 13.1. The van der Waals surface area contributed by atoms with Crippen molar-refractivity contribution in [2.75, 3.05) is 18.4 Å². The standard InChI is InChI=1S/C22H31N5O3/c1-22(2,3)30-21(29)27-10-6-9-15(12-27)26-20-17-16(11-23-19(17)24-13-25-20)18(28)14-7-4-5-8-14/h11,13-15H,4-10,12H2,1-3H3,(H2,23,24,25,26)/t15-/m1/s1. The summed E-state index contributed by atoms with van der Waals surface area (Å²) < 4.78 is 5.53. The molecular weight excluding hydrogens is 382 g/mol. The third kappa shape index (κ3) is 4.42. The van der Waals surface area contributed by atoms with Crippen LogP contribution in [0.15, 0.2) is 12.5 Å². The summed E-state index contributed by atoms with van der Waals surface area (Å²) in [6.07, 6.45) is 8.91. The number of Topliss-reactive ketones (excluding diaryl/α,β-unsaturated/α-hetero) is 1. The molecule has 2 aromatic heterocycles. The number of nitrogens with one attached hydrogen (secondary N) is 2. The number of carbonyl (C=O) groups excluding carboxylic acids is 2. The number of nitrogens with zero attached hydrogens (tertiary/aromatic N) is 3. The van der Waals surface area contributed by atoms with Gasteiger partial charge in [0.1, 0.15) is 23.4 Å². The van der Waals surface area contributed by atoms with E-state index in [-0.39, 0.29) is 23.8 Å². The van der Waals surface area contributed by atoms with Crippen LogP contribution in [0.5, 0.6) is 0 Å². The maximum atomic E-state index is 13.1. The second-order valence-corrected chi connectivity index (χ2v) is 9.40. The van der Waals surface area contributed by atoms with Crippen molar-refractivity contribution in [2.24, 2.45) is 5.92 Å². The minimum atomic E-state index is -0.517. The van der Waals surface area contributed by atoms with Crippen LogP contribution >= 0.6 is 0 Å². The second kappa shape index (κ2) is 8.24. The highest BCUT2D eigenvalue weighted by Crippen LogP contribution is 2.32. The van der Waals surface area contributed by atoms with E-state index in [1.165, 1.54) is 6.33 Å². The predicted molar refractivity (Wildman–Crippen MR) is 115 cm³/mol. The molecule has 1 atom stereocenters. The van der Waals surface area contributed by atoms with Gasteiger partial charge < -0.3 is 19.9 Å². The number of amides is 1. The van der Waals surface area contributed by atoms with Crippen molar-refractivity contribution in [1.29, 1.82) is 0 Å². The number of H-pyrrole nitrogens is 1. The molecule has 2 aromatic rings. The number of hydrogen-bond acceptors (Lipinski definition) is 6. The van der Waals surface area contributed by atoms with E-state index in [0.29, 0.717) is 30.1 Å². The SMILES string of the molecule is CC(C)(C)OC(=O)N1CCC[C@@H](Nc2ncnc3[nH]cc(C(=O)C4CCCC4)c23)C1. The van der Waals surface area contributed by atoms with Gasteiger partial charge in [-0.05, 0) is 46.5 Å². The average Bonchev–Trinajstić information content (AvgIpc) is 3.37. The van der Waals surface area contributed by atoms with Crippen molar-refractivity contribution in [3.63, 3.8) is 0 Å². The van der Waals surface area contributed by atoms with Gasteiger partial charge in [0.05, 0.1) is 5.39 Å². The fraction of sp³-hybridized carbons (Fsp3) is 0.636. The third-order valence-corrected chi connectivity index (χ3v) is 5.88. The van der Waals surface area contributed by atoms with Gasteiger partial charge in [-0.2, -0.15) is 0 Å². The summed E-state index contributed by atoms with van der Waals surface area (Å²) in [4.78, 5) is 39.2. The average molecular weight is 414 g/mol. The molecule has 2 N–H and O–H groups in total. The summed E-state index contributed by atoms with van der Waals surface area (Å²) in [5.41, 5.74) is 0.810. The van der Waals surface area contributed by atoms with Crippen molar-refractivity contribution in [1.82, 2.24) is 19.9 Å². The number of likely N-dealkylation sites (tertiary alicyclic amines) is 1. The molecule has 1 aliphatic carbocycles. The fourth-order valence-electron chi connectivity index (χ4n) is 4.46. The number of carbonyl (C=O) groups is 2. The van der Waals surface area contributed by atoms with Crippen molar-refractivity contribution in [3.05, 3.63) is 18.1 Å². The van der Waals surface area contributed by atoms with Crippen molar-refractivity contribution in [3.8, 4) is 0 Å². The van der Waals surface area contributed by atoms with Crippen molar-refractivity contribution >= 4 is 28.7 Å². The van der Waals surface area contributed by atoms with Gasteiger partial charge in [-0.15, -0.1) is 0 Å². The molecule has 0 spiro atoms. The number of hydrogen-bond donors (Lipinski definition) is 2.